The number of nitrogens with one attached hydrogen (secondary N) is 1. The number of rotatable bonds is 5. The van der Waals surface area contributed by atoms with E-state index in [1.807, 2.05) is 36.3 Å². The van der Waals surface area contributed by atoms with Gasteiger partial charge in [-0.05, 0) is 18.1 Å². The van der Waals surface area contributed by atoms with Crippen molar-refractivity contribution >= 4 is 35.0 Å². The molecule has 0 saturated heterocycles. The SMILES string of the molecule is CB(O)CN(C)C(=S)[C@@H](N)Cc1c[nH]c2ccccc12. The van der Waals surface area contributed by atoms with E-state index < -0.39 is 6.92 Å². The van der Waals surface area contributed by atoms with Crippen LogP contribution in [0.5, 0.6) is 0 Å². The van der Waals surface area contributed by atoms with Gasteiger partial charge in [0.2, 0.25) is 0 Å². The Morgan fingerprint density at radius 2 is 2.20 bits per heavy atom. The van der Waals surface area contributed by atoms with E-state index in [-0.39, 0.29) is 6.04 Å². The number of hydrogen-bond acceptors (Lipinski definition) is 3. The van der Waals surface area contributed by atoms with Crippen molar-refractivity contribution < 1.29 is 5.02 Å². The summed E-state index contributed by atoms with van der Waals surface area (Å²) in [5.74, 6) is 0. The smallest absolute Gasteiger partial charge is 0.305 e. The minimum atomic E-state index is -0.418. The van der Waals surface area contributed by atoms with Crippen molar-refractivity contribution in [3.63, 3.8) is 0 Å². The zero-order chi connectivity index (χ0) is 14.7. The highest BCUT2D eigenvalue weighted by Crippen LogP contribution is 2.19. The van der Waals surface area contributed by atoms with Crippen LogP contribution in [0.4, 0.5) is 0 Å². The van der Waals surface area contributed by atoms with Crippen LogP contribution >= 0.6 is 12.2 Å². The molecule has 1 heterocycles. The van der Waals surface area contributed by atoms with Crippen LogP contribution in [0.15, 0.2) is 30.5 Å². The van der Waals surface area contributed by atoms with Gasteiger partial charge in [-0.2, -0.15) is 0 Å². The van der Waals surface area contributed by atoms with Gasteiger partial charge >= 0.3 is 6.92 Å². The number of hydrogen-bond donors (Lipinski definition) is 3. The molecule has 20 heavy (non-hydrogen) atoms. The number of likely N-dealkylation sites (N-methyl/N-ethyl adjacent to an activating group) is 1. The number of fused-ring (bicyclic) bond motifs is 1. The molecular formula is C14H20BN3OS. The van der Waals surface area contributed by atoms with Gasteiger partial charge in [0.05, 0.1) is 11.0 Å². The summed E-state index contributed by atoms with van der Waals surface area (Å²) in [5.41, 5.74) is 8.47. The number of para-hydroxylation sites is 1. The Morgan fingerprint density at radius 1 is 1.50 bits per heavy atom. The predicted molar refractivity (Wildman–Crippen MR) is 89.0 cm³/mol. The van der Waals surface area contributed by atoms with Gasteiger partial charge < -0.3 is 20.6 Å². The normalized spacial score (nSPS) is 12.4. The van der Waals surface area contributed by atoms with Crippen LogP contribution in [0.3, 0.4) is 0 Å². The third kappa shape index (κ3) is 3.39. The van der Waals surface area contributed by atoms with Crippen LogP contribution in [0.1, 0.15) is 5.56 Å². The third-order valence-electron chi connectivity index (χ3n) is 3.35. The second kappa shape index (κ2) is 6.39. The lowest BCUT2D eigenvalue weighted by atomic mass is 9.71. The maximum absolute atomic E-state index is 9.40. The molecule has 0 aliphatic heterocycles. The molecule has 4 N–H and O–H groups in total. The van der Waals surface area contributed by atoms with Gasteiger partial charge in [0.25, 0.3) is 0 Å². The van der Waals surface area contributed by atoms with Crippen molar-refractivity contribution in [3.05, 3.63) is 36.0 Å². The van der Waals surface area contributed by atoms with Crippen molar-refractivity contribution in [2.75, 3.05) is 13.5 Å². The summed E-state index contributed by atoms with van der Waals surface area (Å²) in [4.78, 5) is 5.77. The van der Waals surface area contributed by atoms with E-state index in [4.69, 9.17) is 18.0 Å². The second-order valence-corrected chi connectivity index (χ2v) is 5.66. The zero-order valence-electron chi connectivity index (χ0n) is 11.8. The van der Waals surface area contributed by atoms with Gasteiger partial charge in [0, 0.05) is 30.6 Å². The summed E-state index contributed by atoms with van der Waals surface area (Å²) in [5, 5.41) is 10.6. The molecular weight excluding hydrogens is 269 g/mol. The van der Waals surface area contributed by atoms with Gasteiger partial charge in [-0.15, -0.1) is 0 Å². The summed E-state index contributed by atoms with van der Waals surface area (Å²) >= 11 is 5.39. The second-order valence-electron chi connectivity index (χ2n) is 5.24. The Kier molecular flexibility index (Phi) is 4.80. The van der Waals surface area contributed by atoms with Crippen LogP contribution < -0.4 is 5.73 Å². The molecule has 0 saturated carbocycles. The molecule has 0 amide bonds. The molecule has 1 atom stereocenters. The van der Waals surface area contributed by atoms with Gasteiger partial charge in [-0.25, -0.2) is 0 Å². The summed E-state index contributed by atoms with van der Waals surface area (Å²) in [6.45, 7) is 1.32. The largest absolute Gasteiger partial charge is 0.449 e. The van der Waals surface area contributed by atoms with Crippen molar-refractivity contribution in [2.24, 2.45) is 5.73 Å². The van der Waals surface area contributed by atoms with Crippen molar-refractivity contribution in [1.29, 1.82) is 0 Å². The number of aromatic amines is 1. The number of benzene rings is 1. The highest BCUT2D eigenvalue weighted by atomic mass is 32.1. The molecule has 4 nitrogen and oxygen atoms in total. The molecule has 0 bridgehead atoms. The van der Waals surface area contributed by atoms with Crippen molar-refractivity contribution in [3.8, 4) is 0 Å². The monoisotopic (exact) mass is 289 g/mol. The fraction of sp³-hybridized carbons (Fsp3) is 0.357. The molecule has 0 fully saturated rings. The van der Waals surface area contributed by atoms with E-state index >= 15 is 0 Å². The van der Waals surface area contributed by atoms with E-state index in [1.165, 1.54) is 10.9 Å². The predicted octanol–water partition coefficient (Wildman–Crippen LogP) is 1.45. The van der Waals surface area contributed by atoms with Gasteiger partial charge in [-0.3, -0.25) is 0 Å². The minimum absolute atomic E-state index is 0.229. The van der Waals surface area contributed by atoms with Crippen molar-refractivity contribution in [2.45, 2.75) is 19.3 Å². The lowest BCUT2D eigenvalue weighted by molar-refractivity contribution is 0.503. The number of H-pyrrole nitrogens is 1. The zero-order valence-corrected chi connectivity index (χ0v) is 12.7. The maximum Gasteiger partial charge on any atom is 0.305 e. The fourth-order valence-corrected chi connectivity index (χ4v) is 2.55. The Hall–Kier alpha value is -1.37. The highest BCUT2D eigenvalue weighted by Gasteiger charge is 2.18. The van der Waals surface area contributed by atoms with Gasteiger partial charge in [0.1, 0.15) is 0 Å². The Morgan fingerprint density at radius 3 is 2.90 bits per heavy atom. The summed E-state index contributed by atoms with van der Waals surface area (Å²) in [6, 6.07) is 7.92. The molecule has 106 valence electrons. The molecule has 0 aliphatic carbocycles. The first-order chi connectivity index (χ1) is 9.49. The lowest BCUT2D eigenvalue weighted by Gasteiger charge is -2.24. The van der Waals surface area contributed by atoms with E-state index in [0.29, 0.717) is 17.9 Å². The van der Waals surface area contributed by atoms with E-state index in [9.17, 15) is 5.02 Å². The topological polar surface area (TPSA) is 65.3 Å². The molecule has 1 aromatic carbocycles. The third-order valence-corrected chi connectivity index (χ3v) is 3.96. The number of nitrogens with two attached hydrogens (primary N) is 1. The van der Waals surface area contributed by atoms with Gasteiger partial charge in [0.15, 0.2) is 0 Å². The highest BCUT2D eigenvalue weighted by molar-refractivity contribution is 7.80. The molecule has 2 aromatic rings. The number of aromatic nitrogens is 1. The average Bonchev–Trinajstić information content (AvgIpc) is 2.80. The number of nitrogens with zero attached hydrogens (tertiary/aromatic N) is 1. The summed E-state index contributed by atoms with van der Waals surface area (Å²) < 4.78 is 0. The Labute approximate surface area is 125 Å². The van der Waals surface area contributed by atoms with Crippen LogP contribution in [0, 0.1) is 0 Å². The first-order valence-electron chi connectivity index (χ1n) is 6.72. The van der Waals surface area contributed by atoms with Crippen molar-refractivity contribution in [1.82, 2.24) is 9.88 Å². The molecule has 1 aromatic heterocycles. The first-order valence-corrected chi connectivity index (χ1v) is 7.13. The Balaban J connectivity index is 2.07. The molecule has 6 heteroatoms. The van der Waals surface area contributed by atoms with Crippen LogP contribution in [0.25, 0.3) is 10.9 Å². The van der Waals surface area contributed by atoms with Crippen LogP contribution in [0.2, 0.25) is 6.82 Å². The maximum atomic E-state index is 9.40. The summed E-state index contributed by atoms with van der Waals surface area (Å²) in [6.07, 6.45) is 3.18. The lowest BCUT2D eigenvalue weighted by Crippen LogP contribution is -2.44. The van der Waals surface area contributed by atoms with Crippen LogP contribution in [-0.4, -0.2) is 46.3 Å². The first kappa shape index (κ1) is 15.0. The molecule has 0 unspecified atom stereocenters. The molecule has 0 spiro atoms. The van der Waals surface area contributed by atoms with Crippen LogP contribution in [-0.2, 0) is 6.42 Å². The van der Waals surface area contributed by atoms with Gasteiger partial charge in [-0.1, -0.05) is 37.2 Å². The average molecular weight is 289 g/mol. The van der Waals surface area contributed by atoms with E-state index in [1.54, 1.807) is 6.82 Å². The fourth-order valence-electron chi connectivity index (χ4n) is 2.39. The molecule has 0 radical (unpaired) electrons. The molecule has 2 rings (SSSR count). The van der Waals surface area contributed by atoms with E-state index in [0.717, 1.165) is 5.52 Å². The number of thiocarbonyl (C=S) groups is 1. The standard InChI is InChI=1S/C14H20BN3OS/c1-15(19)9-18(2)14(20)12(16)7-10-8-17-13-6-4-3-5-11(10)13/h3-6,8,12,17,19H,7,9,16H2,1-2H3/t12-/m0/s1. The minimum Gasteiger partial charge on any atom is -0.449 e. The van der Waals surface area contributed by atoms with E-state index in [2.05, 4.69) is 11.1 Å². The Bertz CT molecular complexity index is 599. The molecule has 0 aliphatic rings. The quantitative estimate of drug-likeness (QED) is 0.576. The summed E-state index contributed by atoms with van der Waals surface area (Å²) in [7, 11) is 1.87.